The first kappa shape index (κ1) is 34.9. The molecule has 0 aliphatic carbocycles. The lowest BCUT2D eigenvalue weighted by molar-refractivity contribution is -0.147. The third-order valence-electron chi connectivity index (χ3n) is 8.05. The molecule has 0 unspecified atom stereocenters. The van der Waals surface area contributed by atoms with E-state index in [4.69, 9.17) is 20.4 Å². The van der Waals surface area contributed by atoms with E-state index >= 15 is 0 Å². The number of likely N-dealkylation sites (N-methyl/N-ethyl adjacent to an activating group) is 1. The van der Waals surface area contributed by atoms with Crippen LogP contribution in [0, 0.1) is 6.92 Å². The number of aliphatic hydroxyl groups excluding tert-OH is 4. The zero-order valence-electron chi connectivity index (χ0n) is 27.2. The molecule has 4 heterocycles. The van der Waals surface area contributed by atoms with Gasteiger partial charge in [0.05, 0.1) is 12.3 Å². The molecule has 2 aromatic heterocycles. The molecule has 2 aromatic carbocycles. The van der Waals surface area contributed by atoms with Crippen molar-refractivity contribution in [3.63, 3.8) is 0 Å². The van der Waals surface area contributed by atoms with E-state index in [0.717, 1.165) is 55.2 Å². The summed E-state index contributed by atoms with van der Waals surface area (Å²) in [6, 6.07) is 19.3. The van der Waals surface area contributed by atoms with Gasteiger partial charge in [-0.15, -0.1) is 0 Å². The van der Waals surface area contributed by atoms with Gasteiger partial charge >= 0.3 is 5.97 Å². The molecule has 0 saturated carbocycles. The third kappa shape index (κ3) is 9.15. The predicted octanol–water partition coefficient (Wildman–Crippen LogP) is 3.18. The van der Waals surface area contributed by atoms with Gasteiger partial charge in [0.15, 0.2) is 11.9 Å². The number of nitrogens with zero attached hydrogens (tertiary/aromatic N) is 5. The minimum atomic E-state index is -1.42. The summed E-state index contributed by atoms with van der Waals surface area (Å²) >= 11 is 0. The molecule has 1 saturated heterocycles. The van der Waals surface area contributed by atoms with Gasteiger partial charge in [-0.2, -0.15) is 0 Å². The smallest absolute Gasteiger partial charge is 0.377 e. The third-order valence-corrected chi connectivity index (χ3v) is 8.05. The summed E-state index contributed by atoms with van der Waals surface area (Å²) in [4.78, 5) is 41.4. The number of aromatic nitrogens is 3. The van der Waals surface area contributed by atoms with Gasteiger partial charge in [-0.25, -0.2) is 14.8 Å². The van der Waals surface area contributed by atoms with E-state index < -0.39 is 36.3 Å². The second kappa shape index (κ2) is 16.1. The fraction of sp³-hybridized carbons (Fsp3) is 0.286. The Balaban J connectivity index is 0.000000330. The monoisotopic (exact) mass is 669 g/mol. The summed E-state index contributed by atoms with van der Waals surface area (Å²) in [6.45, 7) is 6.56. The number of cyclic esters (lactones) is 1. The van der Waals surface area contributed by atoms with Crippen LogP contribution in [-0.4, -0.2) is 109 Å². The molecule has 0 bridgehead atoms. The molecule has 2 atom stereocenters. The van der Waals surface area contributed by atoms with Crippen molar-refractivity contribution in [3.8, 4) is 11.3 Å². The number of carbonyl (C=O) groups excluding carboxylic acids is 2. The average molecular weight is 670 g/mol. The normalized spacial score (nSPS) is 17.1. The van der Waals surface area contributed by atoms with Gasteiger partial charge < -0.3 is 40.7 Å². The fourth-order valence-electron chi connectivity index (χ4n) is 5.10. The van der Waals surface area contributed by atoms with Crippen molar-refractivity contribution in [2.75, 3.05) is 50.5 Å². The second-order valence-corrected chi connectivity index (χ2v) is 11.7. The summed E-state index contributed by atoms with van der Waals surface area (Å²) in [6.07, 6.45) is 2.44. The Morgan fingerprint density at radius 3 is 2.45 bits per heavy atom. The topological polar surface area (TPSA) is 194 Å². The molecule has 256 valence electrons. The van der Waals surface area contributed by atoms with Crippen LogP contribution in [0.1, 0.15) is 21.5 Å². The zero-order valence-corrected chi connectivity index (χ0v) is 27.2. The number of hydrogen-bond donors (Lipinski definition) is 6. The van der Waals surface area contributed by atoms with E-state index in [1.165, 1.54) is 5.56 Å². The van der Waals surface area contributed by atoms with E-state index in [1.807, 2.05) is 67.6 Å². The maximum Gasteiger partial charge on any atom is 0.377 e. The van der Waals surface area contributed by atoms with Gasteiger partial charge in [0.2, 0.25) is 11.7 Å². The molecule has 14 nitrogen and oxygen atoms in total. The van der Waals surface area contributed by atoms with E-state index in [1.54, 1.807) is 18.6 Å². The molecule has 2 aliphatic heterocycles. The molecule has 6 rings (SSSR count). The molecule has 1 amide bonds. The standard InChI is InChI=1S/C29H31N7O.C6H8O6/c1-21-5-10-25(18-27(21)34-29-31-13-11-26(33-29)24-4-3-12-30-19-24)32-28(37)23-8-6-22(7-9-23)20-36-16-14-35(2)15-17-36;7-1-2(8)5-3(9)4(10)6(11)12-5/h3-13,18-19H,14-17,20H2,1-2H3,(H,32,37)(H,31,33,34);2,5,7-10H,1H2/t;2-,5+/m.0/s1. The number of aryl methyl sites for hydroxylation is 1. The van der Waals surface area contributed by atoms with Crippen molar-refractivity contribution >= 4 is 29.2 Å². The Hall–Kier alpha value is -5.41. The summed E-state index contributed by atoms with van der Waals surface area (Å²) in [5, 5.41) is 41.3. The second-order valence-electron chi connectivity index (χ2n) is 11.7. The van der Waals surface area contributed by atoms with Gasteiger partial charge in [0, 0.05) is 73.8 Å². The van der Waals surface area contributed by atoms with Crippen LogP contribution in [0.5, 0.6) is 0 Å². The number of nitrogens with one attached hydrogen (secondary N) is 2. The molecule has 4 aromatic rings. The minimum absolute atomic E-state index is 0.143. The molecular weight excluding hydrogens is 630 g/mol. The number of carbonyl (C=O) groups is 2. The van der Waals surface area contributed by atoms with Crippen molar-refractivity contribution in [2.24, 2.45) is 0 Å². The number of benzene rings is 2. The Morgan fingerprint density at radius 2 is 1.80 bits per heavy atom. The number of pyridine rings is 1. The van der Waals surface area contributed by atoms with Crippen molar-refractivity contribution in [1.29, 1.82) is 0 Å². The molecule has 14 heteroatoms. The van der Waals surface area contributed by atoms with Crippen molar-refractivity contribution in [1.82, 2.24) is 24.8 Å². The highest BCUT2D eigenvalue weighted by Crippen LogP contribution is 2.25. The first-order valence-electron chi connectivity index (χ1n) is 15.7. The Kier molecular flexibility index (Phi) is 11.5. The van der Waals surface area contributed by atoms with Crippen LogP contribution in [0.3, 0.4) is 0 Å². The molecular formula is C35H39N7O7. The quantitative estimate of drug-likeness (QED) is 0.143. The van der Waals surface area contributed by atoms with Crippen LogP contribution in [-0.2, 0) is 16.1 Å². The van der Waals surface area contributed by atoms with Gasteiger partial charge in [-0.3, -0.25) is 14.7 Å². The number of hydrogen-bond acceptors (Lipinski definition) is 13. The van der Waals surface area contributed by atoms with Crippen LogP contribution < -0.4 is 10.6 Å². The molecule has 2 aliphatic rings. The number of amides is 1. The van der Waals surface area contributed by atoms with Gasteiger partial charge in [0.1, 0.15) is 6.10 Å². The van der Waals surface area contributed by atoms with Crippen molar-refractivity contribution in [3.05, 3.63) is 107 Å². The van der Waals surface area contributed by atoms with Crippen LogP contribution in [0.4, 0.5) is 17.3 Å². The fourth-order valence-corrected chi connectivity index (χ4v) is 5.10. The van der Waals surface area contributed by atoms with E-state index in [0.29, 0.717) is 17.2 Å². The number of piperazine rings is 1. The average Bonchev–Trinajstić information content (AvgIpc) is 3.38. The maximum absolute atomic E-state index is 12.9. The zero-order chi connectivity index (χ0) is 34.9. The van der Waals surface area contributed by atoms with E-state index in [-0.39, 0.29) is 5.91 Å². The highest BCUT2D eigenvalue weighted by molar-refractivity contribution is 6.04. The van der Waals surface area contributed by atoms with Crippen LogP contribution in [0.15, 0.2) is 90.8 Å². The summed E-state index contributed by atoms with van der Waals surface area (Å²) < 4.78 is 4.32. The van der Waals surface area contributed by atoms with Crippen molar-refractivity contribution < 1.29 is 34.8 Å². The molecule has 0 spiro atoms. The molecule has 0 radical (unpaired) electrons. The Labute approximate surface area is 283 Å². The number of esters is 1. The van der Waals surface area contributed by atoms with E-state index in [2.05, 4.69) is 47.2 Å². The number of aliphatic hydroxyl groups is 4. The van der Waals surface area contributed by atoms with Crippen LogP contribution in [0.25, 0.3) is 11.3 Å². The van der Waals surface area contributed by atoms with Gasteiger partial charge in [-0.05, 0) is 67.6 Å². The minimum Gasteiger partial charge on any atom is -0.505 e. The van der Waals surface area contributed by atoms with Crippen LogP contribution >= 0.6 is 0 Å². The number of anilines is 3. The SMILES string of the molecule is Cc1ccc(NC(=O)c2ccc(CN3CCN(C)CC3)cc2)cc1Nc1nccc(-c2cccnc2)n1.O=C1O[C@H]([C@@H](O)CO)C(O)=C1O. The lowest BCUT2D eigenvalue weighted by atomic mass is 10.1. The highest BCUT2D eigenvalue weighted by Gasteiger charge is 2.38. The highest BCUT2D eigenvalue weighted by atomic mass is 16.6. The summed E-state index contributed by atoms with van der Waals surface area (Å²) in [5.41, 5.74) is 6.08. The van der Waals surface area contributed by atoms with Gasteiger partial charge in [0.25, 0.3) is 5.91 Å². The van der Waals surface area contributed by atoms with Crippen molar-refractivity contribution in [2.45, 2.75) is 25.7 Å². The summed E-state index contributed by atoms with van der Waals surface area (Å²) in [7, 11) is 2.16. The first-order chi connectivity index (χ1) is 23.6. The molecule has 1 fully saturated rings. The first-order valence-corrected chi connectivity index (χ1v) is 15.7. The lowest BCUT2D eigenvalue weighted by Crippen LogP contribution is -2.43. The van der Waals surface area contributed by atoms with Crippen LogP contribution in [0.2, 0.25) is 0 Å². The molecule has 6 N–H and O–H groups in total. The number of rotatable bonds is 9. The van der Waals surface area contributed by atoms with Gasteiger partial charge in [-0.1, -0.05) is 18.2 Å². The largest absolute Gasteiger partial charge is 0.505 e. The summed E-state index contributed by atoms with van der Waals surface area (Å²) in [5.74, 6) is -2.45. The van der Waals surface area contributed by atoms with E-state index in [9.17, 15) is 9.59 Å². The lowest BCUT2D eigenvalue weighted by Gasteiger charge is -2.32. The number of ether oxygens (including phenoxy) is 1. The molecule has 49 heavy (non-hydrogen) atoms. The Bertz CT molecular complexity index is 1780. The Morgan fingerprint density at radius 1 is 1.04 bits per heavy atom. The maximum atomic E-state index is 12.9. The predicted molar refractivity (Wildman–Crippen MR) is 182 cm³/mol.